The number of hydrogen-bond donors (Lipinski definition) is 2. The molecular formula is C17H20ClNO4. The second kappa shape index (κ2) is 8.60. The third-order valence-corrected chi connectivity index (χ3v) is 3.59. The number of benzene rings is 1. The Hall–Kier alpha value is -1.98. The molecule has 6 heteroatoms. The number of aliphatic hydroxyl groups excluding tert-OH is 1. The summed E-state index contributed by atoms with van der Waals surface area (Å²) in [5, 5.41) is 13.3. The molecule has 0 fully saturated rings. The lowest BCUT2D eigenvalue weighted by atomic mass is 10.1. The first-order valence-corrected chi connectivity index (χ1v) is 7.82. The Morgan fingerprint density at radius 3 is 2.83 bits per heavy atom. The molecule has 5 nitrogen and oxygen atoms in total. The number of rotatable bonds is 8. The summed E-state index contributed by atoms with van der Waals surface area (Å²) in [7, 11) is 0. The number of hydrogen-bond acceptors (Lipinski definition) is 4. The van der Waals surface area contributed by atoms with Crippen molar-refractivity contribution in [2.24, 2.45) is 0 Å². The van der Waals surface area contributed by atoms with Gasteiger partial charge >= 0.3 is 0 Å². The van der Waals surface area contributed by atoms with Gasteiger partial charge in [0.25, 0.3) is 0 Å². The zero-order valence-electron chi connectivity index (χ0n) is 12.9. The molecule has 0 aliphatic heterocycles. The molecule has 0 aliphatic carbocycles. The highest BCUT2D eigenvalue weighted by Gasteiger charge is 2.16. The van der Waals surface area contributed by atoms with E-state index in [-0.39, 0.29) is 25.0 Å². The largest absolute Gasteiger partial charge is 0.491 e. The minimum absolute atomic E-state index is 0.142. The van der Waals surface area contributed by atoms with Crippen molar-refractivity contribution in [2.45, 2.75) is 31.9 Å². The third-order valence-electron chi connectivity index (χ3n) is 3.28. The smallest absolute Gasteiger partial charge is 0.223 e. The molecule has 1 heterocycles. The molecule has 2 N–H and O–H groups in total. The predicted octanol–water partition coefficient (Wildman–Crippen LogP) is 3.33. The van der Waals surface area contributed by atoms with Crippen LogP contribution < -0.4 is 10.1 Å². The van der Waals surface area contributed by atoms with E-state index in [0.29, 0.717) is 23.0 Å². The average molecular weight is 338 g/mol. The number of aliphatic hydroxyl groups is 1. The number of para-hydroxylation sites is 1. The van der Waals surface area contributed by atoms with Gasteiger partial charge in [0.05, 0.1) is 24.3 Å². The number of furan rings is 1. The first-order valence-electron chi connectivity index (χ1n) is 7.44. The highest BCUT2D eigenvalue weighted by Crippen LogP contribution is 2.23. The van der Waals surface area contributed by atoms with E-state index in [1.54, 1.807) is 24.3 Å². The molecule has 1 aromatic heterocycles. The van der Waals surface area contributed by atoms with Crippen LogP contribution in [0.5, 0.6) is 5.75 Å². The molecule has 0 bridgehead atoms. The first-order chi connectivity index (χ1) is 11.1. The number of nitrogens with one attached hydrogen (secondary N) is 1. The van der Waals surface area contributed by atoms with Crippen molar-refractivity contribution in [3.8, 4) is 5.75 Å². The summed E-state index contributed by atoms with van der Waals surface area (Å²) >= 11 is 5.97. The minimum Gasteiger partial charge on any atom is -0.491 e. The molecule has 0 aliphatic rings. The highest BCUT2D eigenvalue weighted by atomic mass is 35.5. The lowest BCUT2D eigenvalue weighted by Gasteiger charge is -2.17. The van der Waals surface area contributed by atoms with Gasteiger partial charge in [-0.3, -0.25) is 4.79 Å². The molecule has 2 rings (SSSR count). The van der Waals surface area contributed by atoms with Crippen LogP contribution in [0.25, 0.3) is 0 Å². The Morgan fingerprint density at radius 1 is 1.35 bits per heavy atom. The Morgan fingerprint density at radius 2 is 2.13 bits per heavy atom. The van der Waals surface area contributed by atoms with Crippen LogP contribution in [0.4, 0.5) is 0 Å². The number of ether oxygens (including phenoxy) is 1. The average Bonchev–Trinajstić information content (AvgIpc) is 3.03. The summed E-state index contributed by atoms with van der Waals surface area (Å²) in [6.07, 6.45) is 1.37. The Bertz CT molecular complexity index is 615. The summed E-state index contributed by atoms with van der Waals surface area (Å²) in [5.74, 6) is 0.910. The van der Waals surface area contributed by atoms with Crippen LogP contribution in [0, 0.1) is 0 Å². The number of carbonyl (C=O) groups excluding carboxylic acids is 1. The van der Waals surface area contributed by atoms with Gasteiger partial charge in [0, 0.05) is 12.5 Å². The molecule has 2 atom stereocenters. The van der Waals surface area contributed by atoms with Crippen LogP contribution in [0.1, 0.15) is 31.6 Å². The van der Waals surface area contributed by atoms with Crippen molar-refractivity contribution in [2.75, 3.05) is 6.61 Å². The van der Waals surface area contributed by atoms with Crippen molar-refractivity contribution in [3.05, 3.63) is 53.4 Å². The fraction of sp³-hybridized carbons (Fsp3) is 0.353. The quantitative estimate of drug-likeness (QED) is 0.775. The maximum absolute atomic E-state index is 11.9. The lowest BCUT2D eigenvalue weighted by Crippen LogP contribution is -2.34. The van der Waals surface area contributed by atoms with E-state index < -0.39 is 6.10 Å². The van der Waals surface area contributed by atoms with E-state index in [1.165, 1.54) is 6.26 Å². The van der Waals surface area contributed by atoms with Gasteiger partial charge in [0.2, 0.25) is 5.91 Å². The fourth-order valence-electron chi connectivity index (χ4n) is 2.15. The molecule has 1 amide bonds. The van der Waals surface area contributed by atoms with Gasteiger partial charge in [-0.1, -0.05) is 23.7 Å². The maximum atomic E-state index is 11.9. The topological polar surface area (TPSA) is 71.7 Å². The van der Waals surface area contributed by atoms with Gasteiger partial charge in [-0.2, -0.15) is 0 Å². The van der Waals surface area contributed by atoms with E-state index in [4.69, 9.17) is 20.8 Å². The summed E-state index contributed by atoms with van der Waals surface area (Å²) in [6, 6.07) is 10.4. The summed E-state index contributed by atoms with van der Waals surface area (Å²) in [4.78, 5) is 11.9. The van der Waals surface area contributed by atoms with Gasteiger partial charge in [0.1, 0.15) is 17.6 Å². The van der Waals surface area contributed by atoms with Crippen LogP contribution in [-0.2, 0) is 4.79 Å². The zero-order chi connectivity index (χ0) is 16.7. The second-order valence-corrected chi connectivity index (χ2v) is 5.67. The molecule has 23 heavy (non-hydrogen) atoms. The third kappa shape index (κ3) is 5.62. The van der Waals surface area contributed by atoms with E-state index in [1.807, 2.05) is 19.1 Å². The number of carbonyl (C=O) groups is 1. The maximum Gasteiger partial charge on any atom is 0.223 e. The van der Waals surface area contributed by atoms with Crippen molar-refractivity contribution < 1.29 is 19.1 Å². The lowest BCUT2D eigenvalue weighted by molar-refractivity contribution is -0.122. The molecule has 2 aromatic rings. The highest BCUT2D eigenvalue weighted by molar-refractivity contribution is 6.32. The van der Waals surface area contributed by atoms with Gasteiger partial charge in [-0.15, -0.1) is 0 Å². The van der Waals surface area contributed by atoms with Gasteiger partial charge < -0.3 is 19.6 Å². The normalized spacial score (nSPS) is 13.3. The number of amides is 1. The molecule has 0 radical (unpaired) electrons. The predicted molar refractivity (Wildman–Crippen MR) is 87.5 cm³/mol. The fourth-order valence-corrected chi connectivity index (χ4v) is 2.34. The standard InChI is InChI=1S/C17H20ClNO4/c1-12(11-14(20)16-7-4-9-22-16)19-17(21)8-10-23-15-6-3-2-5-13(15)18/h2-7,9,12,14,20H,8,10-11H2,1H3,(H,19,21). The van der Waals surface area contributed by atoms with Crippen LogP contribution >= 0.6 is 11.6 Å². The van der Waals surface area contributed by atoms with E-state index >= 15 is 0 Å². The Labute approximate surface area is 140 Å². The van der Waals surface area contributed by atoms with Crippen molar-refractivity contribution in [1.29, 1.82) is 0 Å². The molecule has 0 spiro atoms. The van der Waals surface area contributed by atoms with Crippen molar-refractivity contribution in [3.63, 3.8) is 0 Å². The summed E-state index contributed by atoms with van der Waals surface area (Å²) in [6.45, 7) is 2.07. The summed E-state index contributed by atoms with van der Waals surface area (Å²) in [5.41, 5.74) is 0. The monoisotopic (exact) mass is 337 g/mol. The van der Waals surface area contributed by atoms with Crippen molar-refractivity contribution in [1.82, 2.24) is 5.32 Å². The number of halogens is 1. The van der Waals surface area contributed by atoms with E-state index in [2.05, 4.69) is 5.32 Å². The molecule has 124 valence electrons. The van der Waals surface area contributed by atoms with Crippen LogP contribution in [0.2, 0.25) is 5.02 Å². The van der Waals surface area contributed by atoms with E-state index in [0.717, 1.165) is 0 Å². The first kappa shape index (κ1) is 17.4. The van der Waals surface area contributed by atoms with Gasteiger partial charge in [-0.05, 0) is 31.2 Å². The van der Waals surface area contributed by atoms with Gasteiger partial charge in [-0.25, -0.2) is 0 Å². The minimum atomic E-state index is -0.736. The second-order valence-electron chi connectivity index (χ2n) is 5.26. The molecule has 0 saturated carbocycles. The van der Waals surface area contributed by atoms with Crippen molar-refractivity contribution >= 4 is 17.5 Å². The van der Waals surface area contributed by atoms with Crippen LogP contribution in [-0.4, -0.2) is 23.7 Å². The molecular weight excluding hydrogens is 318 g/mol. The van der Waals surface area contributed by atoms with Crippen LogP contribution in [0.3, 0.4) is 0 Å². The Kier molecular flexibility index (Phi) is 6.50. The van der Waals surface area contributed by atoms with E-state index in [9.17, 15) is 9.90 Å². The Balaban J connectivity index is 1.69. The van der Waals surface area contributed by atoms with Gasteiger partial charge in [0.15, 0.2) is 0 Å². The van der Waals surface area contributed by atoms with Crippen LogP contribution in [0.15, 0.2) is 47.1 Å². The molecule has 0 saturated heterocycles. The zero-order valence-corrected chi connectivity index (χ0v) is 13.6. The SMILES string of the molecule is CC(CC(O)c1ccco1)NC(=O)CCOc1ccccc1Cl. The summed E-state index contributed by atoms with van der Waals surface area (Å²) < 4.78 is 10.6. The molecule has 1 aromatic carbocycles. The molecule has 2 unspecified atom stereocenters.